The van der Waals surface area contributed by atoms with Gasteiger partial charge in [0.25, 0.3) is 11.8 Å². The maximum Gasteiger partial charge on any atom is 0.433 e. The molecule has 3 aromatic rings. The smallest absolute Gasteiger partial charge is 0.433 e. The average molecular weight is 469 g/mol. The van der Waals surface area contributed by atoms with Gasteiger partial charge in [-0.3, -0.25) is 9.78 Å². The molecule has 1 aromatic carbocycles. The van der Waals surface area contributed by atoms with E-state index in [1.807, 2.05) is 0 Å². The maximum absolute atomic E-state index is 14.2. The molecule has 2 aromatic heterocycles. The molecule has 0 aliphatic carbocycles. The highest BCUT2D eigenvalue weighted by Gasteiger charge is 2.40. The summed E-state index contributed by atoms with van der Waals surface area (Å²) in [4.78, 5) is 15.5. The highest BCUT2D eigenvalue weighted by molar-refractivity contribution is 6.08. The Morgan fingerprint density at radius 2 is 2.09 bits per heavy atom. The van der Waals surface area contributed by atoms with Crippen molar-refractivity contribution in [3.8, 4) is 5.75 Å². The van der Waals surface area contributed by atoms with E-state index in [1.165, 1.54) is 31.2 Å². The molecule has 1 saturated heterocycles. The lowest BCUT2D eigenvalue weighted by molar-refractivity contribution is -0.142. The first kappa shape index (κ1) is 23.0. The third-order valence-corrected chi connectivity index (χ3v) is 5.55. The largest absolute Gasteiger partial charge is 0.489 e. The normalized spacial score (nSPS) is 18.4. The number of nitrogens with two attached hydrogens (primary N) is 1. The monoisotopic (exact) mass is 469 g/mol. The standard InChI is InChI=1S/C22H20F5N3O3/c1-11-16(20(28)31)18-15(33-11)5-4-14(17(18)13-7-21(23,24)10-29-8-13)32-9-12-3-2-6-30-19(12)22(25,26)27/h2-6,13,29H,7-10H2,1H3,(H2,28,31). The molecule has 3 heterocycles. The second-order valence-electron chi connectivity index (χ2n) is 7.93. The number of benzene rings is 1. The third kappa shape index (κ3) is 4.50. The van der Waals surface area contributed by atoms with Crippen LogP contribution in [0.15, 0.2) is 34.9 Å². The number of hydrogen-bond acceptors (Lipinski definition) is 5. The molecular formula is C22H20F5N3O3. The number of piperidine rings is 1. The van der Waals surface area contributed by atoms with Crippen molar-refractivity contribution in [2.24, 2.45) is 5.73 Å². The number of halogens is 5. The predicted octanol–water partition coefficient (Wildman–Crippen LogP) is 4.55. The molecule has 1 atom stereocenters. The average Bonchev–Trinajstić information content (AvgIpc) is 3.06. The van der Waals surface area contributed by atoms with Gasteiger partial charge in [0.05, 0.1) is 12.1 Å². The lowest BCUT2D eigenvalue weighted by Gasteiger charge is -2.31. The van der Waals surface area contributed by atoms with Crippen molar-refractivity contribution in [3.63, 3.8) is 0 Å². The van der Waals surface area contributed by atoms with E-state index in [0.29, 0.717) is 0 Å². The number of nitrogens with zero attached hydrogens (tertiary/aromatic N) is 1. The van der Waals surface area contributed by atoms with Crippen LogP contribution in [0.2, 0.25) is 0 Å². The highest BCUT2D eigenvalue weighted by Crippen LogP contribution is 2.43. The SMILES string of the molecule is Cc1oc2ccc(OCc3cccnc3C(F)(F)F)c(C3CNCC(F)(F)C3)c2c1C(N)=O. The van der Waals surface area contributed by atoms with Crippen LogP contribution in [-0.2, 0) is 12.8 Å². The van der Waals surface area contributed by atoms with E-state index in [2.05, 4.69) is 10.3 Å². The second-order valence-corrected chi connectivity index (χ2v) is 7.93. The fourth-order valence-electron chi connectivity index (χ4n) is 4.25. The number of carbonyl (C=O) groups excluding carboxylic acids is 1. The highest BCUT2D eigenvalue weighted by atomic mass is 19.4. The number of ether oxygens (including phenoxy) is 1. The van der Waals surface area contributed by atoms with Crippen molar-refractivity contribution >= 4 is 16.9 Å². The van der Waals surface area contributed by atoms with Crippen LogP contribution in [0.4, 0.5) is 22.0 Å². The molecule has 6 nitrogen and oxygen atoms in total. The van der Waals surface area contributed by atoms with Gasteiger partial charge in [-0.2, -0.15) is 13.2 Å². The Labute approximate surface area is 184 Å². The predicted molar refractivity (Wildman–Crippen MR) is 108 cm³/mol. The Morgan fingerprint density at radius 3 is 2.76 bits per heavy atom. The van der Waals surface area contributed by atoms with Crippen molar-refractivity contribution in [2.45, 2.75) is 38.0 Å². The molecule has 4 rings (SSSR count). The molecule has 1 unspecified atom stereocenters. The number of pyridine rings is 1. The number of rotatable bonds is 5. The number of hydrogen-bond donors (Lipinski definition) is 2. The third-order valence-electron chi connectivity index (χ3n) is 5.55. The summed E-state index contributed by atoms with van der Waals surface area (Å²) in [6.45, 7) is 0.644. The Balaban J connectivity index is 1.82. The van der Waals surface area contributed by atoms with Crippen molar-refractivity contribution in [1.29, 1.82) is 0 Å². The molecule has 1 aliphatic heterocycles. The number of primary amides is 1. The summed E-state index contributed by atoms with van der Waals surface area (Å²) in [7, 11) is 0. The first-order valence-electron chi connectivity index (χ1n) is 10.1. The van der Waals surface area contributed by atoms with E-state index in [1.54, 1.807) is 0 Å². The van der Waals surface area contributed by atoms with Crippen molar-refractivity contribution in [1.82, 2.24) is 10.3 Å². The van der Waals surface area contributed by atoms with Gasteiger partial charge in [0.1, 0.15) is 23.7 Å². The molecule has 3 N–H and O–H groups in total. The Hall–Kier alpha value is -3.21. The minimum Gasteiger partial charge on any atom is -0.489 e. The number of carbonyl (C=O) groups is 1. The summed E-state index contributed by atoms with van der Waals surface area (Å²) in [5, 5.41) is 2.89. The minimum atomic E-state index is -4.69. The molecule has 1 amide bonds. The van der Waals surface area contributed by atoms with Crippen LogP contribution in [0, 0.1) is 6.92 Å². The fourth-order valence-corrected chi connectivity index (χ4v) is 4.25. The molecular weight excluding hydrogens is 449 g/mol. The Morgan fingerprint density at radius 1 is 1.33 bits per heavy atom. The van der Waals surface area contributed by atoms with Crippen molar-refractivity contribution in [2.75, 3.05) is 13.1 Å². The van der Waals surface area contributed by atoms with Gasteiger partial charge in [-0.05, 0) is 25.1 Å². The number of amides is 1. The van der Waals surface area contributed by atoms with Crippen LogP contribution < -0.4 is 15.8 Å². The van der Waals surface area contributed by atoms with E-state index in [4.69, 9.17) is 14.9 Å². The molecule has 0 saturated carbocycles. The first-order chi connectivity index (χ1) is 15.5. The molecule has 33 heavy (non-hydrogen) atoms. The summed E-state index contributed by atoms with van der Waals surface area (Å²) in [6.07, 6.45) is -4.21. The molecule has 1 aliphatic rings. The van der Waals surface area contributed by atoms with E-state index in [9.17, 15) is 26.7 Å². The lowest BCUT2D eigenvalue weighted by Crippen LogP contribution is -2.43. The Bertz CT molecular complexity index is 1210. The number of aryl methyl sites for hydroxylation is 1. The maximum atomic E-state index is 14.2. The molecule has 1 fully saturated rings. The summed E-state index contributed by atoms with van der Waals surface area (Å²) < 4.78 is 79.7. The zero-order chi connectivity index (χ0) is 24.0. The van der Waals surface area contributed by atoms with Crippen LogP contribution in [0.3, 0.4) is 0 Å². The lowest BCUT2D eigenvalue weighted by atomic mass is 9.86. The van der Waals surface area contributed by atoms with Gasteiger partial charge >= 0.3 is 6.18 Å². The number of fused-ring (bicyclic) bond motifs is 1. The molecule has 0 bridgehead atoms. The van der Waals surface area contributed by atoms with Crippen LogP contribution >= 0.6 is 0 Å². The summed E-state index contributed by atoms with van der Waals surface area (Å²) in [5.74, 6) is -4.38. The molecule has 176 valence electrons. The van der Waals surface area contributed by atoms with Gasteiger partial charge in [-0.1, -0.05) is 6.07 Å². The van der Waals surface area contributed by atoms with Gasteiger partial charge in [-0.15, -0.1) is 0 Å². The number of nitrogens with one attached hydrogen (secondary N) is 1. The van der Waals surface area contributed by atoms with E-state index >= 15 is 0 Å². The van der Waals surface area contributed by atoms with Crippen molar-refractivity contribution < 1.29 is 35.9 Å². The van der Waals surface area contributed by atoms with E-state index in [0.717, 1.165) is 6.20 Å². The molecule has 0 radical (unpaired) electrons. The quantitative estimate of drug-likeness (QED) is 0.536. The van der Waals surface area contributed by atoms with Gasteiger partial charge in [0.15, 0.2) is 5.69 Å². The fraction of sp³-hybridized carbons (Fsp3) is 0.364. The minimum absolute atomic E-state index is 0.0247. The zero-order valence-corrected chi connectivity index (χ0v) is 17.4. The van der Waals surface area contributed by atoms with E-state index < -0.39 is 49.2 Å². The summed E-state index contributed by atoms with van der Waals surface area (Å²) in [6, 6.07) is 5.47. The van der Waals surface area contributed by atoms with Crippen LogP contribution in [0.5, 0.6) is 5.75 Å². The van der Waals surface area contributed by atoms with Gasteiger partial charge < -0.3 is 20.2 Å². The van der Waals surface area contributed by atoms with Crippen LogP contribution in [0.1, 0.15) is 45.3 Å². The number of alkyl halides is 5. The topological polar surface area (TPSA) is 90.4 Å². The summed E-state index contributed by atoms with van der Waals surface area (Å²) >= 11 is 0. The van der Waals surface area contributed by atoms with Gasteiger partial charge in [-0.25, -0.2) is 8.78 Å². The number of furan rings is 1. The van der Waals surface area contributed by atoms with E-state index in [-0.39, 0.29) is 45.7 Å². The summed E-state index contributed by atoms with van der Waals surface area (Å²) in [5.41, 5.74) is 4.71. The van der Waals surface area contributed by atoms with Crippen LogP contribution in [-0.4, -0.2) is 29.9 Å². The molecule has 0 spiro atoms. The Kier molecular flexibility index (Phi) is 5.77. The van der Waals surface area contributed by atoms with Crippen molar-refractivity contribution in [3.05, 3.63) is 58.6 Å². The molecule has 11 heteroatoms. The van der Waals surface area contributed by atoms with Gasteiger partial charge in [0.2, 0.25) is 0 Å². The first-order valence-corrected chi connectivity index (χ1v) is 10.1. The van der Waals surface area contributed by atoms with Gasteiger partial charge in [0, 0.05) is 41.6 Å². The zero-order valence-electron chi connectivity index (χ0n) is 17.4. The number of aromatic nitrogens is 1. The van der Waals surface area contributed by atoms with Crippen LogP contribution in [0.25, 0.3) is 11.0 Å². The second kappa shape index (κ2) is 8.29.